The van der Waals surface area contributed by atoms with Gasteiger partial charge in [-0.3, -0.25) is 4.98 Å². The monoisotopic (exact) mass is 404 g/mol. The van der Waals surface area contributed by atoms with E-state index in [-0.39, 0.29) is 17.8 Å². The van der Waals surface area contributed by atoms with Crippen molar-refractivity contribution in [2.45, 2.75) is 43.8 Å². The summed E-state index contributed by atoms with van der Waals surface area (Å²) in [6.07, 6.45) is 11.4. The van der Waals surface area contributed by atoms with Crippen LogP contribution in [-0.4, -0.2) is 19.8 Å². The fraction of sp³-hybridized carbons (Fsp3) is 0.304. The minimum Gasteiger partial charge on any atom is -0.508 e. The topological polar surface area (TPSA) is 53.3 Å². The largest absolute Gasteiger partial charge is 0.508 e. The Morgan fingerprint density at radius 2 is 1.83 bits per heavy atom. The average molecular weight is 405 g/mol. The summed E-state index contributed by atoms with van der Waals surface area (Å²) in [5, 5.41) is 13.9. The number of hydrogen-bond acceptors (Lipinski definition) is 3. The van der Waals surface area contributed by atoms with E-state index in [1.54, 1.807) is 12.1 Å². The summed E-state index contributed by atoms with van der Waals surface area (Å²) >= 11 is 5.74. The highest BCUT2D eigenvalue weighted by molar-refractivity contribution is 7.80. The molecule has 1 aliphatic heterocycles. The number of hydrogen-bond donors (Lipinski definition) is 2. The normalized spacial score (nSPS) is 22.2. The number of benzene rings is 1. The fourth-order valence-electron chi connectivity index (χ4n) is 4.62. The highest BCUT2D eigenvalue weighted by Crippen LogP contribution is 2.42. The molecule has 1 saturated carbocycles. The van der Waals surface area contributed by atoms with E-state index in [1.807, 2.05) is 36.5 Å². The maximum absolute atomic E-state index is 9.72. The second kappa shape index (κ2) is 7.52. The molecular weight excluding hydrogens is 380 g/mol. The van der Waals surface area contributed by atoms with Gasteiger partial charge in [-0.15, -0.1) is 0 Å². The van der Waals surface area contributed by atoms with Crippen LogP contribution >= 0.6 is 12.2 Å². The van der Waals surface area contributed by atoms with Crippen LogP contribution in [0.1, 0.15) is 55.1 Å². The van der Waals surface area contributed by atoms with Crippen LogP contribution in [-0.2, 0) is 0 Å². The first kappa shape index (κ1) is 18.2. The van der Waals surface area contributed by atoms with E-state index in [0.29, 0.717) is 11.2 Å². The summed E-state index contributed by atoms with van der Waals surface area (Å²) in [5.74, 6) is 0.247. The third-order valence-corrected chi connectivity index (χ3v) is 6.37. The van der Waals surface area contributed by atoms with Crippen molar-refractivity contribution in [2.75, 3.05) is 4.90 Å². The lowest BCUT2D eigenvalue weighted by atomic mass is 9.98. The van der Waals surface area contributed by atoms with Crippen molar-refractivity contribution in [3.8, 4) is 5.75 Å². The number of phenolic OH excluding ortho intramolecular Hbond substituents is 1. The van der Waals surface area contributed by atoms with Crippen LogP contribution in [0.3, 0.4) is 0 Å². The average Bonchev–Trinajstić information content (AvgIpc) is 3.49. The number of anilines is 1. The molecule has 2 atom stereocenters. The Balaban J connectivity index is 1.56. The molecule has 0 radical (unpaired) electrons. The highest BCUT2D eigenvalue weighted by atomic mass is 32.1. The van der Waals surface area contributed by atoms with Gasteiger partial charge in [0.15, 0.2) is 5.11 Å². The zero-order valence-corrected chi connectivity index (χ0v) is 16.9. The lowest BCUT2D eigenvalue weighted by Gasteiger charge is -2.27. The van der Waals surface area contributed by atoms with Gasteiger partial charge in [0.05, 0.1) is 17.8 Å². The predicted octanol–water partition coefficient (Wildman–Crippen LogP) is 4.88. The zero-order chi connectivity index (χ0) is 19.8. The molecule has 148 valence electrons. The minimum atomic E-state index is -0.0445. The second-order valence-corrected chi connectivity index (χ2v) is 8.23. The van der Waals surface area contributed by atoms with Crippen molar-refractivity contribution in [3.63, 3.8) is 0 Å². The number of rotatable bonds is 4. The molecule has 1 aliphatic carbocycles. The Kier molecular flexibility index (Phi) is 4.72. The predicted molar refractivity (Wildman–Crippen MR) is 118 cm³/mol. The molecule has 3 aromatic rings. The Bertz CT molecular complexity index is 995. The minimum absolute atomic E-state index is 0.00963. The summed E-state index contributed by atoms with van der Waals surface area (Å²) in [6, 6.07) is 16.0. The Morgan fingerprint density at radius 1 is 1.03 bits per heavy atom. The lowest BCUT2D eigenvalue weighted by molar-refractivity contribution is 0.475. The van der Waals surface area contributed by atoms with Gasteiger partial charge in [0.2, 0.25) is 0 Å². The Hall–Kier alpha value is -2.86. The summed E-state index contributed by atoms with van der Waals surface area (Å²) < 4.78 is 2.37. The van der Waals surface area contributed by atoms with Crippen molar-refractivity contribution >= 4 is 23.0 Å². The highest BCUT2D eigenvalue weighted by Gasteiger charge is 2.41. The molecule has 0 spiro atoms. The van der Waals surface area contributed by atoms with E-state index in [0.717, 1.165) is 11.4 Å². The maximum Gasteiger partial charge on any atom is 0.174 e. The molecule has 1 aromatic carbocycles. The smallest absolute Gasteiger partial charge is 0.174 e. The molecule has 5 rings (SSSR count). The van der Waals surface area contributed by atoms with Crippen molar-refractivity contribution in [2.24, 2.45) is 0 Å². The number of aromatic nitrogens is 2. The molecule has 29 heavy (non-hydrogen) atoms. The molecule has 5 nitrogen and oxygen atoms in total. The third-order valence-electron chi connectivity index (χ3n) is 6.05. The van der Waals surface area contributed by atoms with Gasteiger partial charge in [-0.05, 0) is 73.1 Å². The van der Waals surface area contributed by atoms with Crippen LogP contribution < -0.4 is 10.2 Å². The molecular formula is C23H24N4OS. The molecule has 2 aromatic heterocycles. The first-order chi connectivity index (χ1) is 14.2. The van der Waals surface area contributed by atoms with Gasteiger partial charge in [-0.1, -0.05) is 18.9 Å². The van der Waals surface area contributed by atoms with E-state index in [1.165, 1.54) is 31.2 Å². The standard InChI is InChI=1S/C23H24N4OS/c28-19-10-8-18(9-11-19)27-22(16-12-14-26(15-16)17-5-1-2-6-17)21(25-23(27)29)20-7-3-4-13-24-20/h3-4,7-15,17,21-22,28H,1-2,5-6H2,(H,25,29)/t21-,22-/m0/s1. The summed E-state index contributed by atoms with van der Waals surface area (Å²) in [7, 11) is 0. The summed E-state index contributed by atoms with van der Waals surface area (Å²) in [4.78, 5) is 6.74. The SMILES string of the molecule is Oc1ccc(N2C(=S)N[C@@H](c3ccccn3)[C@@H]2c2ccn(C3CCCC3)c2)cc1. The number of thiocarbonyl (C=S) groups is 1. The van der Waals surface area contributed by atoms with E-state index in [2.05, 4.69) is 38.2 Å². The second-order valence-electron chi connectivity index (χ2n) is 7.84. The molecule has 0 unspecified atom stereocenters. The van der Waals surface area contributed by atoms with Gasteiger partial charge in [0.25, 0.3) is 0 Å². The molecule has 1 saturated heterocycles. The van der Waals surface area contributed by atoms with Crippen molar-refractivity contribution in [3.05, 3.63) is 78.4 Å². The van der Waals surface area contributed by atoms with Gasteiger partial charge < -0.3 is 19.9 Å². The molecule has 0 amide bonds. The number of nitrogens with one attached hydrogen (secondary N) is 1. The third kappa shape index (κ3) is 3.38. The molecule has 3 heterocycles. The van der Waals surface area contributed by atoms with Crippen LogP contribution in [0, 0.1) is 0 Å². The van der Waals surface area contributed by atoms with E-state index < -0.39 is 0 Å². The van der Waals surface area contributed by atoms with E-state index in [9.17, 15) is 5.11 Å². The summed E-state index contributed by atoms with van der Waals surface area (Å²) in [5.41, 5.74) is 3.14. The van der Waals surface area contributed by atoms with Crippen molar-refractivity contribution in [1.82, 2.24) is 14.9 Å². The van der Waals surface area contributed by atoms with Crippen LogP contribution in [0.2, 0.25) is 0 Å². The van der Waals surface area contributed by atoms with Gasteiger partial charge in [0, 0.05) is 30.3 Å². The molecule has 2 fully saturated rings. The van der Waals surface area contributed by atoms with Gasteiger partial charge in [-0.2, -0.15) is 0 Å². The van der Waals surface area contributed by atoms with Gasteiger partial charge in [-0.25, -0.2) is 0 Å². The Morgan fingerprint density at radius 3 is 2.55 bits per heavy atom. The maximum atomic E-state index is 9.72. The number of pyridine rings is 1. The quantitative estimate of drug-likeness (QED) is 0.607. The van der Waals surface area contributed by atoms with Crippen molar-refractivity contribution in [1.29, 1.82) is 0 Å². The van der Waals surface area contributed by atoms with Gasteiger partial charge in [0.1, 0.15) is 5.75 Å². The summed E-state index contributed by atoms with van der Waals surface area (Å²) in [6.45, 7) is 0. The van der Waals surface area contributed by atoms with Crippen molar-refractivity contribution < 1.29 is 5.11 Å². The Labute approximate surface area is 176 Å². The number of aromatic hydroxyl groups is 1. The van der Waals surface area contributed by atoms with Crippen LogP contribution in [0.25, 0.3) is 0 Å². The molecule has 0 bridgehead atoms. The van der Waals surface area contributed by atoms with E-state index in [4.69, 9.17) is 12.2 Å². The van der Waals surface area contributed by atoms with Crippen LogP contribution in [0.5, 0.6) is 5.75 Å². The zero-order valence-electron chi connectivity index (χ0n) is 16.1. The lowest BCUT2D eigenvalue weighted by Crippen LogP contribution is -2.29. The fourth-order valence-corrected chi connectivity index (χ4v) is 4.97. The first-order valence-corrected chi connectivity index (χ1v) is 10.6. The van der Waals surface area contributed by atoms with Gasteiger partial charge >= 0.3 is 0 Å². The van der Waals surface area contributed by atoms with Crippen LogP contribution in [0.15, 0.2) is 67.1 Å². The number of phenols is 1. The first-order valence-electron chi connectivity index (χ1n) is 10.2. The van der Waals surface area contributed by atoms with Crippen LogP contribution in [0.4, 0.5) is 5.69 Å². The molecule has 2 aliphatic rings. The number of nitrogens with zero attached hydrogens (tertiary/aromatic N) is 3. The molecule has 6 heteroatoms. The molecule has 2 N–H and O–H groups in total. The van der Waals surface area contributed by atoms with E-state index >= 15 is 0 Å².